The predicted molar refractivity (Wildman–Crippen MR) is 57.1 cm³/mol. The second-order valence-electron chi connectivity index (χ2n) is 3.25. The molecule has 14 heavy (non-hydrogen) atoms. The van der Waals surface area contributed by atoms with Gasteiger partial charge in [0.05, 0.1) is 0 Å². The van der Waals surface area contributed by atoms with Gasteiger partial charge in [-0.3, -0.25) is 0 Å². The SMILES string of the molecule is CC(CN)c1cccc(NC(N)=O)c1. The van der Waals surface area contributed by atoms with Crippen molar-refractivity contribution >= 4 is 11.7 Å². The normalized spacial score (nSPS) is 12.1. The Morgan fingerprint density at radius 3 is 2.86 bits per heavy atom. The lowest BCUT2D eigenvalue weighted by atomic mass is 10.0. The van der Waals surface area contributed by atoms with Crippen molar-refractivity contribution in [1.82, 2.24) is 0 Å². The highest BCUT2D eigenvalue weighted by atomic mass is 16.2. The third-order valence-electron chi connectivity index (χ3n) is 2.08. The first-order chi connectivity index (χ1) is 6.63. The standard InChI is InChI=1S/C10H15N3O/c1-7(6-11)8-3-2-4-9(5-8)13-10(12)14/h2-5,7H,6,11H2,1H3,(H3,12,13,14). The Labute approximate surface area is 83.3 Å². The zero-order valence-electron chi connectivity index (χ0n) is 8.16. The van der Waals surface area contributed by atoms with Crippen LogP contribution in [0.2, 0.25) is 0 Å². The molecule has 0 aromatic heterocycles. The molecule has 2 amide bonds. The highest BCUT2D eigenvalue weighted by Gasteiger charge is 2.04. The van der Waals surface area contributed by atoms with E-state index in [-0.39, 0.29) is 5.92 Å². The summed E-state index contributed by atoms with van der Waals surface area (Å²) in [6.07, 6.45) is 0. The molecule has 0 aliphatic carbocycles. The van der Waals surface area contributed by atoms with Crippen LogP contribution in [0, 0.1) is 0 Å². The van der Waals surface area contributed by atoms with Crippen molar-refractivity contribution in [3.63, 3.8) is 0 Å². The maximum atomic E-state index is 10.6. The quantitative estimate of drug-likeness (QED) is 0.675. The smallest absolute Gasteiger partial charge is 0.316 e. The summed E-state index contributed by atoms with van der Waals surface area (Å²) in [4.78, 5) is 10.6. The fraction of sp³-hybridized carbons (Fsp3) is 0.300. The maximum absolute atomic E-state index is 10.6. The van der Waals surface area contributed by atoms with Crippen molar-refractivity contribution in [1.29, 1.82) is 0 Å². The van der Waals surface area contributed by atoms with Gasteiger partial charge in [0.1, 0.15) is 0 Å². The van der Waals surface area contributed by atoms with Crippen molar-refractivity contribution in [3.8, 4) is 0 Å². The van der Waals surface area contributed by atoms with Crippen LogP contribution in [0.1, 0.15) is 18.4 Å². The Morgan fingerprint density at radius 1 is 1.57 bits per heavy atom. The number of primary amides is 1. The number of rotatable bonds is 3. The molecular formula is C10H15N3O. The van der Waals surface area contributed by atoms with Crippen LogP contribution in [0.15, 0.2) is 24.3 Å². The number of amides is 2. The average Bonchev–Trinajstić information content (AvgIpc) is 2.16. The molecule has 0 saturated carbocycles. The number of anilines is 1. The fourth-order valence-corrected chi connectivity index (χ4v) is 1.20. The molecule has 5 N–H and O–H groups in total. The van der Waals surface area contributed by atoms with Gasteiger partial charge in [-0.15, -0.1) is 0 Å². The molecule has 1 aromatic rings. The van der Waals surface area contributed by atoms with Crippen molar-refractivity contribution in [3.05, 3.63) is 29.8 Å². The molecule has 0 saturated heterocycles. The Kier molecular flexibility index (Phi) is 3.48. The van der Waals surface area contributed by atoms with Crippen LogP contribution in [-0.2, 0) is 0 Å². The number of hydrogen-bond donors (Lipinski definition) is 3. The van der Waals surface area contributed by atoms with Gasteiger partial charge in [-0.25, -0.2) is 4.79 Å². The van der Waals surface area contributed by atoms with Crippen LogP contribution in [0.25, 0.3) is 0 Å². The zero-order chi connectivity index (χ0) is 10.6. The van der Waals surface area contributed by atoms with Crippen LogP contribution in [0.4, 0.5) is 10.5 Å². The first-order valence-electron chi connectivity index (χ1n) is 4.50. The lowest BCUT2D eigenvalue weighted by Crippen LogP contribution is -2.19. The second kappa shape index (κ2) is 4.62. The minimum atomic E-state index is -0.553. The van der Waals surface area contributed by atoms with Gasteiger partial charge in [-0.1, -0.05) is 19.1 Å². The predicted octanol–water partition coefficient (Wildman–Crippen LogP) is 1.24. The van der Waals surface area contributed by atoms with E-state index in [9.17, 15) is 4.79 Å². The van der Waals surface area contributed by atoms with E-state index >= 15 is 0 Å². The van der Waals surface area contributed by atoms with Gasteiger partial charge < -0.3 is 16.8 Å². The third-order valence-corrected chi connectivity index (χ3v) is 2.08. The monoisotopic (exact) mass is 193 g/mol. The van der Waals surface area contributed by atoms with Crippen LogP contribution < -0.4 is 16.8 Å². The number of benzene rings is 1. The van der Waals surface area contributed by atoms with Crippen LogP contribution in [-0.4, -0.2) is 12.6 Å². The molecule has 0 aliphatic heterocycles. The van der Waals surface area contributed by atoms with E-state index in [0.29, 0.717) is 12.2 Å². The summed E-state index contributed by atoms with van der Waals surface area (Å²) in [6.45, 7) is 2.61. The largest absolute Gasteiger partial charge is 0.351 e. The Balaban J connectivity index is 2.83. The van der Waals surface area contributed by atoms with Crippen LogP contribution in [0.5, 0.6) is 0 Å². The molecule has 0 radical (unpaired) electrons. The lowest BCUT2D eigenvalue weighted by molar-refractivity contribution is 0.259. The number of carbonyl (C=O) groups is 1. The molecule has 1 atom stereocenters. The average molecular weight is 193 g/mol. The van der Waals surface area contributed by atoms with Gasteiger partial charge in [0, 0.05) is 5.69 Å². The molecule has 0 heterocycles. The number of hydrogen-bond acceptors (Lipinski definition) is 2. The summed E-state index contributed by atoms with van der Waals surface area (Å²) in [6, 6.07) is 6.96. The summed E-state index contributed by atoms with van der Waals surface area (Å²) < 4.78 is 0. The van der Waals surface area contributed by atoms with Gasteiger partial charge in [-0.2, -0.15) is 0 Å². The minimum absolute atomic E-state index is 0.282. The van der Waals surface area contributed by atoms with Crippen molar-refractivity contribution in [2.24, 2.45) is 11.5 Å². The highest BCUT2D eigenvalue weighted by Crippen LogP contribution is 2.17. The first-order valence-corrected chi connectivity index (χ1v) is 4.50. The summed E-state index contributed by atoms with van der Waals surface area (Å²) in [5.41, 5.74) is 12.4. The number of carbonyl (C=O) groups excluding carboxylic acids is 1. The Bertz CT molecular complexity index is 325. The van der Waals surface area contributed by atoms with Crippen LogP contribution >= 0.6 is 0 Å². The summed E-state index contributed by atoms with van der Waals surface area (Å²) >= 11 is 0. The van der Waals surface area contributed by atoms with Gasteiger partial charge in [0.15, 0.2) is 0 Å². The van der Waals surface area contributed by atoms with E-state index in [2.05, 4.69) is 5.32 Å². The summed E-state index contributed by atoms with van der Waals surface area (Å²) in [5, 5.41) is 2.52. The van der Waals surface area contributed by atoms with Crippen molar-refractivity contribution in [2.45, 2.75) is 12.8 Å². The van der Waals surface area contributed by atoms with Gasteiger partial charge >= 0.3 is 6.03 Å². The molecule has 0 spiro atoms. The number of urea groups is 1. The van der Waals surface area contributed by atoms with E-state index in [1.54, 1.807) is 6.07 Å². The van der Waals surface area contributed by atoms with Crippen molar-refractivity contribution < 1.29 is 4.79 Å². The molecular weight excluding hydrogens is 178 g/mol. The van der Waals surface area contributed by atoms with Crippen LogP contribution in [0.3, 0.4) is 0 Å². The van der Waals surface area contributed by atoms with E-state index in [1.807, 2.05) is 25.1 Å². The topological polar surface area (TPSA) is 81.1 Å². The first kappa shape index (κ1) is 10.5. The molecule has 76 valence electrons. The number of nitrogens with two attached hydrogens (primary N) is 2. The van der Waals surface area contributed by atoms with Gasteiger partial charge in [0.25, 0.3) is 0 Å². The highest BCUT2D eigenvalue weighted by molar-refractivity contribution is 5.87. The van der Waals surface area contributed by atoms with E-state index in [1.165, 1.54) is 0 Å². The molecule has 1 rings (SSSR count). The second-order valence-corrected chi connectivity index (χ2v) is 3.25. The minimum Gasteiger partial charge on any atom is -0.351 e. The molecule has 4 heteroatoms. The fourth-order valence-electron chi connectivity index (χ4n) is 1.20. The van der Waals surface area contributed by atoms with Gasteiger partial charge in [0.2, 0.25) is 0 Å². The molecule has 0 bridgehead atoms. The Morgan fingerprint density at radius 2 is 2.29 bits per heavy atom. The summed E-state index contributed by atoms with van der Waals surface area (Å²) in [5.74, 6) is 0.282. The van der Waals surface area contributed by atoms with Gasteiger partial charge in [-0.05, 0) is 30.2 Å². The molecule has 1 unspecified atom stereocenters. The molecule has 1 aromatic carbocycles. The Hall–Kier alpha value is -1.55. The maximum Gasteiger partial charge on any atom is 0.316 e. The van der Waals surface area contributed by atoms with Crippen molar-refractivity contribution in [2.75, 3.05) is 11.9 Å². The van der Waals surface area contributed by atoms with E-state index in [0.717, 1.165) is 5.56 Å². The summed E-state index contributed by atoms with van der Waals surface area (Å²) in [7, 11) is 0. The molecule has 4 nitrogen and oxygen atoms in total. The van der Waals surface area contributed by atoms with E-state index < -0.39 is 6.03 Å². The molecule has 0 aliphatic rings. The molecule has 0 fully saturated rings. The third kappa shape index (κ3) is 2.74. The lowest BCUT2D eigenvalue weighted by Gasteiger charge is -2.10. The van der Waals surface area contributed by atoms with E-state index in [4.69, 9.17) is 11.5 Å². The zero-order valence-corrected chi connectivity index (χ0v) is 8.16. The number of nitrogens with one attached hydrogen (secondary N) is 1.